The number of nitrogens with one attached hydrogen (secondary N) is 2. The average Bonchev–Trinajstić information content (AvgIpc) is 3.58. The van der Waals surface area contributed by atoms with Gasteiger partial charge in [0.2, 0.25) is 5.91 Å². The second kappa shape index (κ2) is 7.14. The molecule has 6 nitrogen and oxygen atoms in total. The predicted molar refractivity (Wildman–Crippen MR) is 137 cm³/mol. The van der Waals surface area contributed by atoms with Crippen molar-refractivity contribution in [2.75, 3.05) is 17.2 Å². The number of carbonyl (C=O) groups excluding carboxylic acids is 3. The first kappa shape index (κ1) is 21.5. The van der Waals surface area contributed by atoms with E-state index in [1.54, 1.807) is 0 Å². The van der Waals surface area contributed by atoms with E-state index in [4.69, 9.17) is 0 Å². The maximum absolute atomic E-state index is 14.5. The number of aryl methyl sites for hydroxylation is 2. The van der Waals surface area contributed by atoms with Gasteiger partial charge in [-0.15, -0.1) is 0 Å². The van der Waals surface area contributed by atoms with Gasteiger partial charge in [-0.1, -0.05) is 65.7 Å². The molecule has 4 atom stereocenters. The van der Waals surface area contributed by atoms with Crippen molar-refractivity contribution < 1.29 is 14.4 Å². The lowest BCUT2D eigenvalue weighted by Crippen LogP contribution is -2.62. The monoisotopic (exact) mass is 477 g/mol. The summed E-state index contributed by atoms with van der Waals surface area (Å²) in [5.74, 6) is -1.28. The number of Topliss-reactive ketones (excluding diaryl/α,β-unsaturated/α-hetero) is 1. The van der Waals surface area contributed by atoms with Gasteiger partial charge in [0.05, 0.1) is 5.92 Å². The molecule has 2 spiro atoms. The quantitative estimate of drug-likeness (QED) is 0.539. The summed E-state index contributed by atoms with van der Waals surface area (Å²) in [5, 5.41) is 6.19. The van der Waals surface area contributed by atoms with Crippen LogP contribution in [0.4, 0.5) is 11.4 Å². The standard InChI is InChI=1S/C30H27N3O3/c1-17-9-12-19(13-10-17)26(34)25-24-8-5-15-33(24)30(21-16-18(2)11-14-23(21)32-28(30)36)29(25)20-6-3-4-7-22(20)31-27(29)35/h3-4,6-7,9-14,16,24-25H,5,8,15H2,1-2H3,(H,31,35)(H,32,36)/t24-,25-,29+,30-/m0/s1. The molecule has 0 aliphatic carbocycles. The number of rotatable bonds is 2. The number of hydrogen-bond acceptors (Lipinski definition) is 4. The van der Waals surface area contributed by atoms with E-state index in [0.29, 0.717) is 17.8 Å². The smallest absolute Gasteiger partial charge is 0.251 e. The maximum atomic E-state index is 14.5. The van der Waals surface area contributed by atoms with Crippen LogP contribution in [-0.4, -0.2) is 35.1 Å². The molecule has 4 aliphatic heterocycles. The van der Waals surface area contributed by atoms with Crippen LogP contribution >= 0.6 is 0 Å². The highest BCUT2D eigenvalue weighted by atomic mass is 16.2. The molecule has 36 heavy (non-hydrogen) atoms. The molecule has 3 aromatic rings. The molecule has 0 radical (unpaired) electrons. The SMILES string of the molecule is Cc1ccc(C(=O)[C@@H]2[C@@H]3CCCN3[C@@]3(C(=O)Nc4ccc(C)cc43)[C@@]23C(=O)Nc2ccccc23)cc1. The van der Waals surface area contributed by atoms with E-state index in [0.717, 1.165) is 40.8 Å². The number of ketones is 1. The van der Waals surface area contributed by atoms with Gasteiger partial charge in [0.1, 0.15) is 11.0 Å². The number of carbonyl (C=O) groups is 3. The number of anilines is 2. The third-order valence-corrected chi connectivity index (χ3v) is 8.87. The van der Waals surface area contributed by atoms with Gasteiger partial charge >= 0.3 is 0 Å². The molecule has 6 heteroatoms. The average molecular weight is 478 g/mol. The van der Waals surface area contributed by atoms with Crippen LogP contribution in [0.3, 0.4) is 0 Å². The van der Waals surface area contributed by atoms with Crippen LogP contribution in [-0.2, 0) is 20.5 Å². The molecule has 4 heterocycles. The Hall–Kier alpha value is -3.77. The van der Waals surface area contributed by atoms with E-state index in [1.165, 1.54) is 0 Å². The second-order valence-corrected chi connectivity index (χ2v) is 10.6. The van der Waals surface area contributed by atoms with E-state index < -0.39 is 16.9 Å². The van der Waals surface area contributed by atoms with Gasteiger partial charge in [-0.25, -0.2) is 0 Å². The third-order valence-electron chi connectivity index (χ3n) is 8.87. The summed E-state index contributed by atoms with van der Waals surface area (Å²) in [6.07, 6.45) is 1.63. The van der Waals surface area contributed by atoms with Crippen molar-refractivity contribution in [3.63, 3.8) is 0 Å². The van der Waals surface area contributed by atoms with Crippen LogP contribution in [0, 0.1) is 19.8 Å². The van der Waals surface area contributed by atoms with Crippen LogP contribution in [0.2, 0.25) is 0 Å². The molecule has 0 unspecified atom stereocenters. The first-order valence-corrected chi connectivity index (χ1v) is 12.6. The number of benzene rings is 3. The van der Waals surface area contributed by atoms with Gasteiger partial charge in [0.15, 0.2) is 5.78 Å². The van der Waals surface area contributed by atoms with Crippen molar-refractivity contribution in [1.82, 2.24) is 4.90 Å². The zero-order chi connectivity index (χ0) is 24.8. The van der Waals surface area contributed by atoms with Crippen LogP contribution in [0.1, 0.15) is 45.5 Å². The van der Waals surface area contributed by atoms with Gasteiger partial charge in [0, 0.05) is 28.5 Å². The molecule has 3 aromatic carbocycles. The van der Waals surface area contributed by atoms with Crippen molar-refractivity contribution in [2.45, 2.75) is 43.7 Å². The summed E-state index contributed by atoms with van der Waals surface area (Å²) in [6, 6.07) is 20.8. The van der Waals surface area contributed by atoms with Crippen molar-refractivity contribution in [1.29, 1.82) is 0 Å². The maximum Gasteiger partial charge on any atom is 0.251 e. The highest BCUT2D eigenvalue weighted by Gasteiger charge is 2.81. The fourth-order valence-electron chi connectivity index (χ4n) is 7.59. The summed E-state index contributed by atoms with van der Waals surface area (Å²) >= 11 is 0. The Kier molecular flexibility index (Phi) is 4.26. The predicted octanol–water partition coefficient (Wildman–Crippen LogP) is 4.32. The Morgan fingerprint density at radius 2 is 1.56 bits per heavy atom. The molecular weight excluding hydrogens is 450 g/mol. The van der Waals surface area contributed by atoms with E-state index in [9.17, 15) is 14.4 Å². The fourth-order valence-corrected chi connectivity index (χ4v) is 7.59. The van der Waals surface area contributed by atoms with Crippen LogP contribution in [0.15, 0.2) is 66.7 Å². The normalized spacial score (nSPS) is 29.8. The minimum absolute atomic E-state index is 0.0791. The zero-order valence-electron chi connectivity index (χ0n) is 20.3. The van der Waals surface area contributed by atoms with E-state index in [1.807, 2.05) is 80.6 Å². The number of para-hydroxylation sites is 1. The van der Waals surface area contributed by atoms with Gasteiger partial charge < -0.3 is 10.6 Å². The Morgan fingerprint density at radius 3 is 2.36 bits per heavy atom. The molecule has 2 fully saturated rings. The van der Waals surface area contributed by atoms with Crippen molar-refractivity contribution >= 4 is 29.0 Å². The summed E-state index contributed by atoms with van der Waals surface area (Å²) in [7, 11) is 0. The van der Waals surface area contributed by atoms with Crippen molar-refractivity contribution in [3.8, 4) is 0 Å². The first-order chi connectivity index (χ1) is 17.4. The Morgan fingerprint density at radius 1 is 0.861 bits per heavy atom. The summed E-state index contributed by atoms with van der Waals surface area (Å²) in [6.45, 7) is 4.64. The lowest BCUT2D eigenvalue weighted by atomic mass is 9.57. The lowest BCUT2D eigenvalue weighted by molar-refractivity contribution is -0.137. The van der Waals surface area contributed by atoms with Crippen LogP contribution in [0.5, 0.6) is 0 Å². The summed E-state index contributed by atoms with van der Waals surface area (Å²) < 4.78 is 0. The van der Waals surface area contributed by atoms with E-state index in [-0.39, 0.29) is 23.6 Å². The minimum atomic E-state index is -1.39. The van der Waals surface area contributed by atoms with Crippen molar-refractivity contribution in [3.05, 3.63) is 94.5 Å². The number of fused-ring (bicyclic) bond motifs is 7. The lowest BCUT2D eigenvalue weighted by Gasteiger charge is -2.43. The van der Waals surface area contributed by atoms with Gasteiger partial charge in [0.25, 0.3) is 5.91 Å². The highest BCUT2D eigenvalue weighted by Crippen LogP contribution is 2.67. The van der Waals surface area contributed by atoms with E-state index >= 15 is 0 Å². The molecule has 180 valence electrons. The number of nitrogens with zero attached hydrogens (tertiary/aromatic N) is 1. The van der Waals surface area contributed by atoms with Crippen LogP contribution < -0.4 is 10.6 Å². The molecule has 0 aromatic heterocycles. The molecule has 2 saturated heterocycles. The third kappa shape index (κ3) is 2.33. The highest BCUT2D eigenvalue weighted by molar-refractivity contribution is 6.21. The second-order valence-electron chi connectivity index (χ2n) is 10.6. The van der Waals surface area contributed by atoms with Crippen molar-refractivity contribution in [2.24, 2.45) is 5.92 Å². The fraction of sp³-hybridized carbons (Fsp3) is 0.300. The number of hydrogen-bond donors (Lipinski definition) is 2. The zero-order valence-corrected chi connectivity index (χ0v) is 20.3. The molecular formula is C30H27N3O3. The van der Waals surface area contributed by atoms with Gasteiger partial charge in [-0.2, -0.15) is 0 Å². The Labute approximate surface area is 209 Å². The topological polar surface area (TPSA) is 78.5 Å². The Bertz CT molecular complexity index is 1480. The molecule has 2 N–H and O–H groups in total. The molecule has 0 bridgehead atoms. The largest absolute Gasteiger partial charge is 0.325 e. The van der Waals surface area contributed by atoms with E-state index in [2.05, 4.69) is 15.5 Å². The molecule has 7 rings (SSSR count). The first-order valence-electron chi connectivity index (χ1n) is 12.6. The molecule has 2 amide bonds. The molecule has 0 saturated carbocycles. The minimum Gasteiger partial charge on any atom is -0.325 e. The van der Waals surface area contributed by atoms with Crippen LogP contribution in [0.25, 0.3) is 0 Å². The molecule has 4 aliphatic rings. The van der Waals surface area contributed by atoms with Gasteiger partial charge in [-0.3, -0.25) is 19.3 Å². The summed E-state index contributed by atoms with van der Waals surface area (Å²) in [5.41, 5.74) is 2.89. The van der Waals surface area contributed by atoms with Gasteiger partial charge in [-0.05, 0) is 50.9 Å². The summed E-state index contributed by atoms with van der Waals surface area (Å²) in [4.78, 5) is 45.4. The Balaban J connectivity index is 1.59. The number of amides is 2.